The largest absolute Gasteiger partial charge is 0.317 e. The van der Waals surface area contributed by atoms with Crippen molar-refractivity contribution < 1.29 is 4.79 Å². The maximum Gasteiger partial charge on any atom is 0.283 e. The van der Waals surface area contributed by atoms with Crippen LogP contribution in [0.25, 0.3) is 22.5 Å². The van der Waals surface area contributed by atoms with Crippen LogP contribution in [0, 0.1) is 25.2 Å². The average molecular weight is 482 g/mol. The smallest absolute Gasteiger partial charge is 0.283 e. The Labute approximate surface area is 208 Å². The summed E-state index contributed by atoms with van der Waals surface area (Å²) in [5, 5.41) is 18.9. The Bertz CT molecular complexity index is 1470. The number of amidine groups is 2. The van der Waals surface area contributed by atoms with Crippen molar-refractivity contribution in [2.24, 2.45) is 16.0 Å². The number of hydrazone groups is 1. The van der Waals surface area contributed by atoms with Gasteiger partial charge in [0.05, 0.1) is 11.3 Å². The molecule has 2 aromatic carbocycles. The standard InChI is InChI=1S/C28H27N5OS/c1-17-15-21(18(2)32(17)24-14-8-12-19-9-6-7-13-22(19)24)16-23-25(29)33-28(30-26(23)34)35-27(31-33)20-10-4-3-5-11-20/h6-9,12-16,20,29H,3-5,10-11H2,1-2H3/b23-16+,29-25?. The molecule has 1 N–H and O–H groups in total. The number of hydrogen-bond donors (Lipinski definition) is 1. The lowest BCUT2D eigenvalue weighted by molar-refractivity contribution is -0.114. The molecule has 0 unspecified atom stereocenters. The minimum Gasteiger partial charge on any atom is -0.317 e. The molecule has 1 fully saturated rings. The van der Waals surface area contributed by atoms with Gasteiger partial charge in [0.15, 0.2) is 5.84 Å². The fourth-order valence-corrected chi connectivity index (χ4v) is 6.44. The van der Waals surface area contributed by atoms with E-state index >= 15 is 0 Å². The number of nitrogens with zero attached hydrogens (tertiary/aromatic N) is 4. The second kappa shape index (κ2) is 8.64. The average Bonchev–Trinajstić information content (AvgIpc) is 3.42. The number of carbonyl (C=O) groups excluding carboxylic acids is 1. The molecule has 0 atom stereocenters. The second-order valence-electron chi connectivity index (χ2n) is 9.45. The zero-order valence-corrected chi connectivity index (χ0v) is 20.7. The van der Waals surface area contributed by atoms with Gasteiger partial charge in [0.25, 0.3) is 5.91 Å². The number of thioether (sulfide) groups is 1. The molecule has 35 heavy (non-hydrogen) atoms. The van der Waals surface area contributed by atoms with Crippen LogP contribution < -0.4 is 0 Å². The maximum absolute atomic E-state index is 13.0. The molecule has 0 saturated heterocycles. The highest BCUT2D eigenvalue weighted by atomic mass is 32.2. The summed E-state index contributed by atoms with van der Waals surface area (Å²) in [4.78, 5) is 17.3. The molecule has 1 saturated carbocycles. The maximum atomic E-state index is 13.0. The third-order valence-corrected chi connectivity index (χ3v) is 8.27. The van der Waals surface area contributed by atoms with Gasteiger partial charge in [0.2, 0.25) is 5.17 Å². The Balaban J connectivity index is 1.37. The molecule has 6 nitrogen and oxygen atoms in total. The lowest BCUT2D eigenvalue weighted by atomic mass is 9.90. The number of aryl methyl sites for hydroxylation is 1. The van der Waals surface area contributed by atoms with Gasteiger partial charge >= 0.3 is 0 Å². The fraction of sp³-hybridized carbons (Fsp3) is 0.286. The Morgan fingerprint density at radius 3 is 2.66 bits per heavy atom. The van der Waals surface area contributed by atoms with E-state index in [2.05, 4.69) is 65.9 Å². The number of amides is 1. The van der Waals surface area contributed by atoms with Gasteiger partial charge in [-0.15, -0.1) is 0 Å². The lowest BCUT2D eigenvalue weighted by Crippen LogP contribution is -2.35. The molecule has 2 aliphatic heterocycles. The van der Waals surface area contributed by atoms with E-state index in [1.165, 1.54) is 41.8 Å². The molecule has 1 aromatic heterocycles. The van der Waals surface area contributed by atoms with E-state index in [9.17, 15) is 4.79 Å². The summed E-state index contributed by atoms with van der Waals surface area (Å²) in [5.41, 5.74) is 4.38. The quantitative estimate of drug-likeness (QED) is 0.437. The van der Waals surface area contributed by atoms with E-state index in [0.29, 0.717) is 11.1 Å². The summed E-state index contributed by atoms with van der Waals surface area (Å²) in [6.07, 6.45) is 7.74. The number of aliphatic imine (C=N–C) groups is 1. The summed E-state index contributed by atoms with van der Waals surface area (Å²) < 4.78 is 2.21. The molecule has 6 rings (SSSR count). The zero-order valence-electron chi connectivity index (χ0n) is 19.9. The van der Waals surface area contributed by atoms with Crippen LogP contribution in [0.2, 0.25) is 0 Å². The monoisotopic (exact) mass is 481 g/mol. The van der Waals surface area contributed by atoms with Crippen LogP contribution in [0.3, 0.4) is 0 Å². The van der Waals surface area contributed by atoms with Crippen LogP contribution in [0.15, 0.2) is 64.2 Å². The van der Waals surface area contributed by atoms with Gasteiger partial charge in [0.1, 0.15) is 5.04 Å². The molecular weight excluding hydrogens is 454 g/mol. The van der Waals surface area contributed by atoms with Crippen LogP contribution in [0.1, 0.15) is 49.1 Å². The molecule has 3 heterocycles. The number of benzene rings is 2. The van der Waals surface area contributed by atoms with E-state index in [0.717, 1.165) is 40.5 Å². The van der Waals surface area contributed by atoms with Gasteiger partial charge in [-0.05, 0) is 67.6 Å². The highest BCUT2D eigenvalue weighted by Gasteiger charge is 2.38. The normalized spacial score (nSPS) is 19.9. The zero-order chi connectivity index (χ0) is 24.1. The number of fused-ring (bicyclic) bond motifs is 2. The van der Waals surface area contributed by atoms with Gasteiger partial charge in [0, 0.05) is 22.7 Å². The topological polar surface area (TPSA) is 73.8 Å². The van der Waals surface area contributed by atoms with Crippen molar-refractivity contribution in [2.75, 3.05) is 0 Å². The van der Waals surface area contributed by atoms with E-state index in [1.54, 1.807) is 11.1 Å². The summed E-state index contributed by atoms with van der Waals surface area (Å²) >= 11 is 1.46. The van der Waals surface area contributed by atoms with E-state index in [-0.39, 0.29) is 17.3 Å². The van der Waals surface area contributed by atoms with E-state index in [4.69, 9.17) is 10.5 Å². The van der Waals surface area contributed by atoms with Gasteiger partial charge in [-0.25, -0.2) is 0 Å². The van der Waals surface area contributed by atoms with Crippen molar-refractivity contribution in [2.45, 2.75) is 46.0 Å². The summed E-state index contributed by atoms with van der Waals surface area (Å²) in [6.45, 7) is 4.12. The SMILES string of the molecule is Cc1cc(/C=C2\C(=N)N3N=C(C4CCCCC4)SC3=NC2=O)c(C)n1-c1cccc2ccccc12. The highest BCUT2D eigenvalue weighted by molar-refractivity contribution is 8.27. The van der Waals surface area contributed by atoms with Crippen LogP contribution in [-0.4, -0.2) is 31.5 Å². The summed E-state index contributed by atoms with van der Waals surface area (Å²) in [7, 11) is 0. The van der Waals surface area contributed by atoms with Crippen molar-refractivity contribution in [3.8, 4) is 5.69 Å². The number of aromatic nitrogens is 1. The minimum absolute atomic E-state index is 0.105. The van der Waals surface area contributed by atoms with Crippen LogP contribution in [0.5, 0.6) is 0 Å². The molecule has 1 amide bonds. The van der Waals surface area contributed by atoms with Crippen LogP contribution >= 0.6 is 11.8 Å². The van der Waals surface area contributed by atoms with Crippen molar-refractivity contribution in [3.05, 3.63) is 71.1 Å². The molecule has 0 radical (unpaired) electrons. The van der Waals surface area contributed by atoms with Crippen LogP contribution in [-0.2, 0) is 4.79 Å². The molecule has 0 spiro atoms. The molecular formula is C28H27N5OS. The molecule has 1 aliphatic carbocycles. The third kappa shape index (κ3) is 3.74. The van der Waals surface area contributed by atoms with Crippen molar-refractivity contribution >= 4 is 50.6 Å². The Morgan fingerprint density at radius 1 is 1.06 bits per heavy atom. The first-order valence-corrected chi connectivity index (χ1v) is 13.0. The second-order valence-corrected chi connectivity index (χ2v) is 10.4. The van der Waals surface area contributed by atoms with Crippen molar-refractivity contribution in [3.63, 3.8) is 0 Å². The molecule has 3 aromatic rings. The van der Waals surface area contributed by atoms with Gasteiger partial charge in [-0.3, -0.25) is 10.2 Å². The van der Waals surface area contributed by atoms with E-state index < -0.39 is 0 Å². The van der Waals surface area contributed by atoms with Crippen molar-refractivity contribution in [1.29, 1.82) is 5.41 Å². The van der Waals surface area contributed by atoms with Crippen LogP contribution in [0.4, 0.5) is 0 Å². The third-order valence-electron chi connectivity index (χ3n) is 7.20. The fourth-order valence-electron chi connectivity index (χ4n) is 5.38. The lowest BCUT2D eigenvalue weighted by Gasteiger charge is -2.20. The summed E-state index contributed by atoms with van der Waals surface area (Å²) in [6, 6.07) is 16.7. The predicted molar refractivity (Wildman–Crippen MR) is 144 cm³/mol. The molecule has 0 bridgehead atoms. The number of nitrogens with one attached hydrogen (secondary N) is 1. The van der Waals surface area contributed by atoms with Gasteiger partial charge in [-0.2, -0.15) is 15.1 Å². The Hall–Kier alpha value is -3.45. The van der Waals surface area contributed by atoms with Gasteiger partial charge in [-0.1, -0.05) is 55.7 Å². The van der Waals surface area contributed by atoms with Crippen molar-refractivity contribution in [1.82, 2.24) is 9.58 Å². The first-order chi connectivity index (χ1) is 17.0. The Morgan fingerprint density at radius 2 is 1.83 bits per heavy atom. The minimum atomic E-state index is -0.371. The van der Waals surface area contributed by atoms with E-state index in [1.807, 2.05) is 6.07 Å². The molecule has 7 heteroatoms. The molecule has 3 aliphatic rings. The number of hydrogen-bond acceptors (Lipinski definition) is 4. The van der Waals surface area contributed by atoms with Gasteiger partial charge < -0.3 is 4.57 Å². The first kappa shape index (κ1) is 22.0. The predicted octanol–water partition coefficient (Wildman–Crippen LogP) is 6.45. The highest BCUT2D eigenvalue weighted by Crippen LogP contribution is 2.36. The molecule has 176 valence electrons. The summed E-state index contributed by atoms with van der Waals surface area (Å²) in [5.74, 6) is 0.147. The number of rotatable bonds is 3. The first-order valence-electron chi connectivity index (χ1n) is 12.2. The Kier molecular flexibility index (Phi) is 5.44. The number of carbonyl (C=O) groups is 1.